The van der Waals surface area contributed by atoms with Crippen molar-refractivity contribution >= 4 is 5.91 Å². The Kier molecular flexibility index (Phi) is 5.46. The number of likely N-dealkylation sites (tertiary alicyclic amines) is 1. The molecular weight excluding hydrogens is 402 g/mol. The van der Waals surface area contributed by atoms with Gasteiger partial charge in [0, 0.05) is 30.3 Å². The molecule has 4 nitrogen and oxygen atoms in total. The molecule has 2 aromatic rings. The van der Waals surface area contributed by atoms with Crippen molar-refractivity contribution < 1.29 is 35.9 Å². The summed E-state index contributed by atoms with van der Waals surface area (Å²) in [5.74, 6) is -0.576. The molecule has 2 heterocycles. The van der Waals surface area contributed by atoms with Crippen LogP contribution in [0.4, 0.5) is 26.3 Å². The highest BCUT2D eigenvalue weighted by atomic mass is 19.4. The van der Waals surface area contributed by atoms with E-state index in [1.165, 1.54) is 4.90 Å². The third-order valence-corrected chi connectivity index (χ3v) is 4.42. The Bertz CT molecular complexity index is 878. The molecule has 0 N–H and O–H groups in total. The zero-order valence-corrected chi connectivity index (χ0v) is 15.1. The topological polar surface area (TPSA) is 42.4 Å². The third-order valence-electron chi connectivity index (χ3n) is 4.42. The third kappa shape index (κ3) is 4.99. The predicted octanol–water partition coefficient (Wildman–Crippen LogP) is 4.72. The lowest BCUT2D eigenvalue weighted by molar-refractivity contribution is -0.143. The molecule has 1 unspecified atom stereocenters. The summed E-state index contributed by atoms with van der Waals surface area (Å²) >= 11 is 0. The van der Waals surface area contributed by atoms with Crippen LogP contribution in [0, 0.1) is 6.92 Å². The zero-order valence-electron chi connectivity index (χ0n) is 15.1. The number of hydrogen-bond acceptors (Lipinski definition) is 3. The first-order chi connectivity index (χ1) is 13.4. The number of halogens is 6. The van der Waals surface area contributed by atoms with Crippen molar-refractivity contribution in [3.63, 3.8) is 0 Å². The number of benzene rings is 1. The highest BCUT2D eigenvalue weighted by Gasteiger charge is 2.38. The van der Waals surface area contributed by atoms with E-state index in [-0.39, 0.29) is 19.2 Å². The lowest BCUT2D eigenvalue weighted by Crippen LogP contribution is -2.31. The first kappa shape index (κ1) is 20.9. The van der Waals surface area contributed by atoms with Crippen LogP contribution < -0.4 is 4.74 Å². The van der Waals surface area contributed by atoms with E-state index in [0.29, 0.717) is 24.4 Å². The molecule has 0 spiro atoms. The lowest BCUT2D eigenvalue weighted by Gasteiger charge is -2.19. The number of hydrogen-bond donors (Lipinski definition) is 0. The molecule has 1 aromatic carbocycles. The standard InChI is InChI=1S/C19H16F6N2O2/c1-11-3-2-4-16(26-11)29-15-5-6-27(10-15)17(28)12-7-13(18(20,21)22)9-14(8-12)19(23,24)25/h2-4,7-9,15H,5-6,10H2,1H3. The van der Waals surface area contributed by atoms with Crippen molar-refractivity contribution in [2.24, 2.45) is 0 Å². The fraction of sp³-hybridized carbons (Fsp3) is 0.368. The molecule has 1 atom stereocenters. The number of nitrogens with zero attached hydrogens (tertiary/aromatic N) is 2. The Hall–Kier alpha value is -2.78. The largest absolute Gasteiger partial charge is 0.472 e. The van der Waals surface area contributed by atoms with Gasteiger partial charge >= 0.3 is 12.4 Å². The van der Waals surface area contributed by atoms with Crippen LogP contribution >= 0.6 is 0 Å². The number of carbonyl (C=O) groups is 1. The Morgan fingerprint density at radius 2 is 1.69 bits per heavy atom. The van der Waals surface area contributed by atoms with Crippen molar-refractivity contribution in [1.82, 2.24) is 9.88 Å². The minimum atomic E-state index is -5.01. The number of rotatable bonds is 3. The second kappa shape index (κ2) is 7.57. The second-order valence-corrected chi connectivity index (χ2v) is 6.69. The van der Waals surface area contributed by atoms with Gasteiger partial charge in [-0.15, -0.1) is 0 Å². The van der Waals surface area contributed by atoms with Gasteiger partial charge in [0.15, 0.2) is 0 Å². The molecule has 29 heavy (non-hydrogen) atoms. The molecule has 1 aromatic heterocycles. The maximum absolute atomic E-state index is 13.0. The van der Waals surface area contributed by atoms with Gasteiger partial charge in [0.25, 0.3) is 5.91 Å². The summed E-state index contributed by atoms with van der Waals surface area (Å²) in [6.07, 6.45) is -10.1. The summed E-state index contributed by atoms with van der Waals surface area (Å²) in [6.45, 7) is 1.95. The molecule has 1 aliphatic rings. The smallest absolute Gasteiger partial charge is 0.416 e. The van der Waals surface area contributed by atoms with Gasteiger partial charge in [0.05, 0.1) is 17.7 Å². The highest BCUT2D eigenvalue weighted by molar-refractivity contribution is 5.95. The molecule has 3 rings (SSSR count). The molecule has 10 heteroatoms. The van der Waals surface area contributed by atoms with Gasteiger partial charge in [-0.1, -0.05) is 6.07 Å². The van der Waals surface area contributed by atoms with E-state index in [9.17, 15) is 31.1 Å². The van der Waals surface area contributed by atoms with Crippen LogP contribution in [-0.2, 0) is 12.4 Å². The molecule has 1 fully saturated rings. The molecule has 0 saturated carbocycles. The first-order valence-corrected chi connectivity index (χ1v) is 8.62. The Morgan fingerprint density at radius 3 is 2.24 bits per heavy atom. The number of amides is 1. The lowest BCUT2D eigenvalue weighted by atomic mass is 10.0. The number of carbonyl (C=O) groups excluding carboxylic acids is 1. The molecular formula is C19H16F6N2O2. The second-order valence-electron chi connectivity index (χ2n) is 6.69. The summed E-state index contributed by atoms with van der Waals surface area (Å²) < 4.78 is 83.6. The van der Waals surface area contributed by atoms with Crippen LogP contribution in [0.25, 0.3) is 0 Å². The van der Waals surface area contributed by atoms with Crippen LogP contribution in [0.2, 0.25) is 0 Å². The van der Waals surface area contributed by atoms with E-state index in [2.05, 4.69) is 4.98 Å². The van der Waals surface area contributed by atoms with Gasteiger partial charge in [-0.2, -0.15) is 26.3 Å². The first-order valence-electron chi connectivity index (χ1n) is 8.62. The van der Waals surface area contributed by atoms with E-state index >= 15 is 0 Å². The quantitative estimate of drug-likeness (QED) is 0.678. The van der Waals surface area contributed by atoms with Gasteiger partial charge in [-0.3, -0.25) is 4.79 Å². The fourth-order valence-electron chi connectivity index (χ4n) is 3.02. The summed E-state index contributed by atoms with van der Waals surface area (Å²) in [4.78, 5) is 17.9. The Balaban J connectivity index is 1.79. The van der Waals surface area contributed by atoms with E-state index < -0.39 is 41.1 Å². The van der Waals surface area contributed by atoms with Crippen molar-refractivity contribution in [2.75, 3.05) is 13.1 Å². The Morgan fingerprint density at radius 1 is 1.07 bits per heavy atom. The van der Waals surface area contributed by atoms with Gasteiger partial charge in [-0.25, -0.2) is 4.98 Å². The van der Waals surface area contributed by atoms with Crippen molar-refractivity contribution in [1.29, 1.82) is 0 Å². The minimum absolute atomic E-state index is 0.00389. The van der Waals surface area contributed by atoms with Crippen LogP contribution in [-0.4, -0.2) is 35.0 Å². The average molecular weight is 418 g/mol. The van der Waals surface area contributed by atoms with Gasteiger partial charge in [0.1, 0.15) is 6.10 Å². The fourth-order valence-corrected chi connectivity index (χ4v) is 3.02. The summed E-state index contributed by atoms with van der Waals surface area (Å²) in [5, 5.41) is 0. The predicted molar refractivity (Wildman–Crippen MR) is 90.4 cm³/mol. The van der Waals surface area contributed by atoms with Gasteiger partial charge in [0.2, 0.25) is 5.88 Å². The summed E-state index contributed by atoms with van der Waals surface area (Å²) in [7, 11) is 0. The van der Waals surface area contributed by atoms with Crippen LogP contribution in [0.1, 0.15) is 33.6 Å². The molecule has 0 aliphatic carbocycles. The highest BCUT2D eigenvalue weighted by Crippen LogP contribution is 2.36. The summed E-state index contributed by atoms with van der Waals surface area (Å²) in [6, 6.07) is 6.00. The van der Waals surface area contributed by atoms with Crippen molar-refractivity contribution in [2.45, 2.75) is 31.8 Å². The molecule has 1 saturated heterocycles. The maximum Gasteiger partial charge on any atom is 0.416 e. The molecule has 0 bridgehead atoms. The maximum atomic E-state index is 13.0. The van der Waals surface area contributed by atoms with E-state index in [1.807, 2.05) is 0 Å². The van der Waals surface area contributed by atoms with Crippen molar-refractivity contribution in [3.8, 4) is 5.88 Å². The monoisotopic (exact) mass is 418 g/mol. The van der Waals surface area contributed by atoms with E-state index in [1.54, 1.807) is 25.1 Å². The molecule has 0 radical (unpaired) electrons. The number of alkyl halides is 6. The average Bonchev–Trinajstić information content (AvgIpc) is 3.07. The minimum Gasteiger partial charge on any atom is -0.472 e. The summed E-state index contributed by atoms with van der Waals surface area (Å²) in [5.41, 5.74) is -2.99. The van der Waals surface area contributed by atoms with Crippen molar-refractivity contribution in [3.05, 3.63) is 58.8 Å². The Labute approximate surface area is 162 Å². The van der Waals surface area contributed by atoms with E-state index in [0.717, 1.165) is 5.69 Å². The zero-order chi connectivity index (χ0) is 21.4. The van der Waals surface area contributed by atoms with Crippen LogP contribution in [0.5, 0.6) is 5.88 Å². The SMILES string of the molecule is Cc1cccc(OC2CCN(C(=O)c3cc(C(F)(F)F)cc(C(F)(F)F)c3)C2)n1. The number of ether oxygens (including phenoxy) is 1. The van der Waals surface area contributed by atoms with E-state index in [4.69, 9.17) is 4.74 Å². The molecule has 1 amide bonds. The number of pyridine rings is 1. The number of aromatic nitrogens is 1. The normalized spacial score (nSPS) is 17.5. The number of aryl methyl sites for hydroxylation is 1. The molecule has 156 valence electrons. The molecule has 1 aliphatic heterocycles. The van der Waals surface area contributed by atoms with Gasteiger partial charge < -0.3 is 9.64 Å². The van der Waals surface area contributed by atoms with Crippen LogP contribution in [0.15, 0.2) is 36.4 Å². The van der Waals surface area contributed by atoms with Crippen LogP contribution in [0.3, 0.4) is 0 Å². The van der Waals surface area contributed by atoms with Gasteiger partial charge in [-0.05, 0) is 31.2 Å².